The van der Waals surface area contributed by atoms with Crippen molar-refractivity contribution in [1.82, 2.24) is 9.80 Å². The number of nitrogens with zero attached hydrogens (tertiary/aromatic N) is 2. The van der Waals surface area contributed by atoms with Crippen LogP contribution in [0.3, 0.4) is 0 Å². The van der Waals surface area contributed by atoms with Gasteiger partial charge in [-0.25, -0.2) is 4.79 Å². The normalized spacial score (nSPS) is 25.2. The van der Waals surface area contributed by atoms with Crippen molar-refractivity contribution < 1.29 is 9.53 Å². The largest absolute Gasteiger partial charge is 0.444 e. The summed E-state index contributed by atoms with van der Waals surface area (Å²) in [4.78, 5) is 17.2. The average Bonchev–Trinajstić information content (AvgIpc) is 2.89. The second-order valence-electron chi connectivity index (χ2n) is 8.26. The zero-order valence-corrected chi connectivity index (χ0v) is 15.3. The Kier molecular flexibility index (Phi) is 4.86. The molecule has 2 fully saturated rings. The number of hydrogen-bond acceptors (Lipinski definition) is 3. The monoisotopic (exact) mass is 330 g/mol. The molecule has 0 aliphatic carbocycles. The molecule has 132 valence electrons. The summed E-state index contributed by atoms with van der Waals surface area (Å²) in [7, 11) is 0. The molecule has 4 nitrogen and oxygen atoms in total. The molecule has 0 radical (unpaired) electrons. The zero-order valence-electron chi connectivity index (χ0n) is 15.3. The van der Waals surface area contributed by atoms with Crippen molar-refractivity contribution in [2.45, 2.75) is 64.1 Å². The van der Waals surface area contributed by atoms with Crippen LogP contribution in [0.2, 0.25) is 0 Å². The van der Waals surface area contributed by atoms with Crippen molar-refractivity contribution in [3.8, 4) is 0 Å². The van der Waals surface area contributed by atoms with Gasteiger partial charge in [0.1, 0.15) is 5.60 Å². The van der Waals surface area contributed by atoms with Crippen molar-refractivity contribution in [2.24, 2.45) is 0 Å². The van der Waals surface area contributed by atoms with E-state index >= 15 is 0 Å². The Morgan fingerprint density at radius 2 is 1.79 bits per heavy atom. The quantitative estimate of drug-likeness (QED) is 0.820. The Hall–Kier alpha value is -1.55. The predicted octanol–water partition coefficient (Wildman–Crippen LogP) is 4.05. The number of hydrogen-bond donors (Lipinski definition) is 0. The standard InChI is InChI=1S/C20H30N2O2/c1-19(2,3)24-18(23)22-14-8-12-20(22)11-7-13-21(16-20)15-17-9-5-4-6-10-17/h4-6,9-10H,7-8,11-16H2,1-3H3/t20-/m0/s1. The molecule has 1 aromatic rings. The van der Waals surface area contributed by atoms with E-state index in [4.69, 9.17) is 4.74 Å². The van der Waals surface area contributed by atoms with E-state index in [0.717, 1.165) is 51.9 Å². The highest BCUT2D eigenvalue weighted by atomic mass is 16.6. The third kappa shape index (κ3) is 3.92. The summed E-state index contributed by atoms with van der Waals surface area (Å²) in [6.45, 7) is 9.68. The number of likely N-dealkylation sites (tertiary alicyclic amines) is 2. The Bertz CT molecular complexity index is 567. The first kappa shape index (κ1) is 17.3. The van der Waals surface area contributed by atoms with Gasteiger partial charge in [0.05, 0.1) is 5.54 Å². The first-order valence-corrected chi connectivity index (χ1v) is 9.15. The minimum Gasteiger partial charge on any atom is -0.444 e. The summed E-state index contributed by atoms with van der Waals surface area (Å²) in [5, 5.41) is 0. The molecule has 0 N–H and O–H groups in total. The summed E-state index contributed by atoms with van der Waals surface area (Å²) >= 11 is 0. The van der Waals surface area contributed by atoms with Gasteiger partial charge >= 0.3 is 6.09 Å². The molecule has 0 unspecified atom stereocenters. The molecule has 0 saturated carbocycles. The van der Waals surface area contributed by atoms with Crippen molar-refractivity contribution in [3.63, 3.8) is 0 Å². The fourth-order valence-corrected chi connectivity index (χ4v) is 4.15. The SMILES string of the molecule is CC(C)(C)OC(=O)N1CCC[C@]12CCCN(Cc1ccccc1)C2. The highest BCUT2D eigenvalue weighted by Crippen LogP contribution is 2.38. The number of carbonyl (C=O) groups is 1. The molecule has 2 heterocycles. The van der Waals surface area contributed by atoms with Crippen LogP contribution in [0.5, 0.6) is 0 Å². The van der Waals surface area contributed by atoms with Gasteiger partial charge in [0.2, 0.25) is 0 Å². The number of ether oxygens (including phenoxy) is 1. The van der Waals surface area contributed by atoms with Crippen LogP contribution in [-0.2, 0) is 11.3 Å². The molecule has 24 heavy (non-hydrogen) atoms. The van der Waals surface area contributed by atoms with Gasteiger partial charge in [-0.2, -0.15) is 0 Å². The molecular weight excluding hydrogens is 300 g/mol. The van der Waals surface area contributed by atoms with Crippen LogP contribution in [0, 0.1) is 0 Å². The Morgan fingerprint density at radius 3 is 2.46 bits per heavy atom. The molecule has 0 aromatic heterocycles. The zero-order chi connectivity index (χ0) is 17.2. The average molecular weight is 330 g/mol. The predicted molar refractivity (Wildman–Crippen MR) is 95.9 cm³/mol. The van der Waals surface area contributed by atoms with Gasteiger partial charge in [-0.3, -0.25) is 4.90 Å². The molecule has 3 rings (SSSR count). The minimum absolute atomic E-state index is 0.0324. The van der Waals surface area contributed by atoms with Crippen LogP contribution >= 0.6 is 0 Å². The van der Waals surface area contributed by atoms with Gasteiger partial charge in [0.15, 0.2) is 0 Å². The smallest absolute Gasteiger partial charge is 0.410 e. The molecule has 2 saturated heterocycles. The number of piperidine rings is 1. The van der Waals surface area contributed by atoms with E-state index in [2.05, 4.69) is 35.2 Å². The van der Waals surface area contributed by atoms with Crippen LogP contribution in [-0.4, -0.2) is 46.7 Å². The lowest BCUT2D eigenvalue weighted by Crippen LogP contribution is -2.57. The first-order chi connectivity index (χ1) is 11.4. The lowest BCUT2D eigenvalue weighted by molar-refractivity contribution is -0.0114. The van der Waals surface area contributed by atoms with Crippen LogP contribution in [0.15, 0.2) is 30.3 Å². The van der Waals surface area contributed by atoms with Gasteiger partial charge in [0.25, 0.3) is 0 Å². The number of benzene rings is 1. The van der Waals surface area contributed by atoms with Crippen molar-refractivity contribution in [1.29, 1.82) is 0 Å². The number of carbonyl (C=O) groups excluding carboxylic acids is 1. The summed E-state index contributed by atoms with van der Waals surface area (Å²) < 4.78 is 5.67. The maximum absolute atomic E-state index is 12.7. The van der Waals surface area contributed by atoms with E-state index in [1.54, 1.807) is 0 Å². The summed E-state index contributed by atoms with van der Waals surface area (Å²) in [6, 6.07) is 10.6. The number of amides is 1. The van der Waals surface area contributed by atoms with Crippen LogP contribution < -0.4 is 0 Å². The second kappa shape index (κ2) is 6.75. The van der Waals surface area contributed by atoms with E-state index in [1.807, 2.05) is 25.7 Å². The Labute approximate surface area is 145 Å². The second-order valence-corrected chi connectivity index (χ2v) is 8.26. The van der Waals surface area contributed by atoms with Gasteiger partial charge < -0.3 is 9.64 Å². The summed E-state index contributed by atoms with van der Waals surface area (Å²) in [5.74, 6) is 0. The molecule has 2 aliphatic rings. The third-order valence-corrected chi connectivity index (χ3v) is 5.09. The fraction of sp³-hybridized carbons (Fsp3) is 0.650. The van der Waals surface area contributed by atoms with Gasteiger partial charge in [-0.15, -0.1) is 0 Å². The lowest BCUT2D eigenvalue weighted by Gasteiger charge is -2.46. The van der Waals surface area contributed by atoms with E-state index in [-0.39, 0.29) is 11.6 Å². The van der Waals surface area contributed by atoms with Gasteiger partial charge in [0, 0.05) is 19.6 Å². The van der Waals surface area contributed by atoms with Crippen molar-refractivity contribution >= 4 is 6.09 Å². The summed E-state index contributed by atoms with van der Waals surface area (Å²) in [6.07, 6.45) is 4.28. The molecule has 1 atom stereocenters. The first-order valence-electron chi connectivity index (χ1n) is 9.15. The molecule has 0 bridgehead atoms. The van der Waals surface area contributed by atoms with E-state index in [9.17, 15) is 4.79 Å². The van der Waals surface area contributed by atoms with Gasteiger partial charge in [-0.05, 0) is 58.6 Å². The molecule has 4 heteroatoms. The fourth-order valence-electron chi connectivity index (χ4n) is 4.15. The lowest BCUT2D eigenvalue weighted by atomic mass is 9.86. The van der Waals surface area contributed by atoms with Crippen LogP contribution in [0.4, 0.5) is 4.79 Å². The molecular formula is C20H30N2O2. The highest BCUT2D eigenvalue weighted by molar-refractivity contribution is 5.69. The Balaban J connectivity index is 1.70. The van der Waals surface area contributed by atoms with Crippen molar-refractivity contribution in [2.75, 3.05) is 19.6 Å². The topological polar surface area (TPSA) is 32.8 Å². The maximum Gasteiger partial charge on any atom is 0.410 e. The van der Waals surface area contributed by atoms with Crippen LogP contribution in [0.1, 0.15) is 52.0 Å². The Morgan fingerprint density at radius 1 is 1.12 bits per heavy atom. The molecule has 1 amide bonds. The molecule has 1 spiro atoms. The van der Waals surface area contributed by atoms with E-state index in [0.29, 0.717) is 0 Å². The summed E-state index contributed by atoms with van der Waals surface area (Å²) in [5.41, 5.74) is 0.880. The molecule has 2 aliphatic heterocycles. The minimum atomic E-state index is -0.431. The van der Waals surface area contributed by atoms with Crippen molar-refractivity contribution in [3.05, 3.63) is 35.9 Å². The van der Waals surface area contributed by atoms with E-state index in [1.165, 1.54) is 5.56 Å². The number of rotatable bonds is 2. The van der Waals surface area contributed by atoms with Gasteiger partial charge in [-0.1, -0.05) is 30.3 Å². The van der Waals surface area contributed by atoms with Crippen LogP contribution in [0.25, 0.3) is 0 Å². The maximum atomic E-state index is 12.7. The molecule has 1 aromatic carbocycles. The highest BCUT2D eigenvalue weighted by Gasteiger charge is 2.47. The van der Waals surface area contributed by atoms with E-state index < -0.39 is 5.60 Å². The third-order valence-electron chi connectivity index (χ3n) is 5.09.